The Balaban J connectivity index is 1.53. The number of amides is 1. The van der Waals surface area contributed by atoms with Crippen molar-refractivity contribution in [3.63, 3.8) is 0 Å². The van der Waals surface area contributed by atoms with Gasteiger partial charge in [0.25, 0.3) is 15.9 Å². The number of aryl methyl sites for hydroxylation is 1. The molecule has 27 heavy (non-hydrogen) atoms. The molecular formula is C19H24N2O5S. The average molecular weight is 392 g/mol. The van der Waals surface area contributed by atoms with Crippen LogP contribution in [0.4, 0.5) is 0 Å². The third-order valence-electron chi connectivity index (χ3n) is 5.07. The fourth-order valence-electron chi connectivity index (χ4n) is 3.44. The number of carbonyl (C=O) groups excluding carboxylic acids is 1. The maximum atomic E-state index is 12.9. The lowest BCUT2D eigenvalue weighted by molar-refractivity contribution is 0.0678. The Morgan fingerprint density at radius 2 is 1.85 bits per heavy atom. The molecule has 0 unspecified atom stereocenters. The first-order chi connectivity index (χ1) is 12.9. The number of hydrogen-bond acceptors (Lipinski definition) is 5. The quantitative estimate of drug-likeness (QED) is 0.754. The first kappa shape index (κ1) is 18.3. The average Bonchev–Trinajstić information content (AvgIpc) is 3.22. The van der Waals surface area contributed by atoms with Gasteiger partial charge in [0.05, 0.1) is 6.54 Å². The van der Waals surface area contributed by atoms with Crippen molar-refractivity contribution in [2.45, 2.75) is 56.7 Å². The summed E-state index contributed by atoms with van der Waals surface area (Å²) in [6.45, 7) is 3.21. The third kappa shape index (κ3) is 3.82. The fourth-order valence-corrected chi connectivity index (χ4v) is 4.87. The minimum absolute atomic E-state index is 0.0563. The zero-order valence-corrected chi connectivity index (χ0v) is 16.2. The van der Waals surface area contributed by atoms with Crippen LogP contribution in [0.1, 0.15) is 54.2 Å². The number of carbonyl (C=O) groups is 1. The highest BCUT2D eigenvalue weighted by Gasteiger charge is 2.36. The van der Waals surface area contributed by atoms with Gasteiger partial charge in [-0.1, -0.05) is 6.42 Å². The predicted octanol–water partition coefficient (Wildman–Crippen LogP) is 3.16. The Morgan fingerprint density at radius 1 is 1.11 bits per heavy atom. The molecule has 0 radical (unpaired) electrons. The molecule has 2 aliphatic rings. The summed E-state index contributed by atoms with van der Waals surface area (Å²) in [6.07, 6.45) is 4.61. The van der Waals surface area contributed by atoms with Crippen molar-refractivity contribution in [3.8, 4) is 0 Å². The fraction of sp³-hybridized carbons (Fsp3) is 0.526. The maximum absolute atomic E-state index is 12.9. The van der Waals surface area contributed by atoms with E-state index in [0.717, 1.165) is 37.9 Å². The number of nitrogens with zero attached hydrogens (tertiary/aromatic N) is 2. The van der Waals surface area contributed by atoms with Crippen molar-refractivity contribution in [3.05, 3.63) is 41.5 Å². The van der Waals surface area contributed by atoms with Crippen LogP contribution in [0.2, 0.25) is 0 Å². The van der Waals surface area contributed by atoms with Crippen molar-refractivity contribution >= 4 is 15.9 Å². The van der Waals surface area contributed by atoms with Gasteiger partial charge in [-0.15, -0.1) is 0 Å². The summed E-state index contributed by atoms with van der Waals surface area (Å²) >= 11 is 0. The molecule has 146 valence electrons. The molecule has 3 heterocycles. The van der Waals surface area contributed by atoms with Crippen LogP contribution in [0, 0.1) is 6.92 Å². The van der Waals surface area contributed by atoms with Gasteiger partial charge in [0.1, 0.15) is 11.5 Å². The van der Waals surface area contributed by atoms with E-state index in [4.69, 9.17) is 8.83 Å². The molecule has 2 aromatic heterocycles. The second kappa shape index (κ2) is 7.16. The molecule has 1 saturated heterocycles. The number of hydrogen-bond donors (Lipinski definition) is 0. The maximum Gasteiger partial charge on any atom is 0.290 e. The van der Waals surface area contributed by atoms with Gasteiger partial charge >= 0.3 is 0 Å². The Bertz CT molecular complexity index is 920. The van der Waals surface area contributed by atoms with Crippen LogP contribution in [0.5, 0.6) is 0 Å². The molecule has 0 bridgehead atoms. The Hall–Kier alpha value is -2.06. The van der Waals surface area contributed by atoms with E-state index < -0.39 is 10.0 Å². The van der Waals surface area contributed by atoms with E-state index in [9.17, 15) is 13.2 Å². The van der Waals surface area contributed by atoms with E-state index in [0.29, 0.717) is 25.4 Å². The molecule has 0 N–H and O–H groups in total. The summed E-state index contributed by atoms with van der Waals surface area (Å²) < 4.78 is 38.0. The van der Waals surface area contributed by atoms with E-state index in [1.807, 2.05) is 19.1 Å². The third-order valence-corrected chi connectivity index (χ3v) is 6.84. The van der Waals surface area contributed by atoms with Gasteiger partial charge in [-0.05, 0) is 56.9 Å². The summed E-state index contributed by atoms with van der Waals surface area (Å²) in [4.78, 5) is 14.6. The molecule has 2 aromatic rings. The van der Waals surface area contributed by atoms with Crippen molar-refractivity contribution in [2.75, 3.05) is 13.1 Å². The second-order valence-corrected chi connectivity index (χ2v) is 9.13. The normalized spacial score (nSPS) is 18.6. The molecule has 4 rings (SSSR count). The van der Waals surface area contributed by atoms with Crippen LogP contribution in [0.3, 0.4) is 0 Å². The summed E-state index contributed by atoms with van der Waals surface area (Å²) in [7, 11) is -3.68. The number of furan rings is 2. The zero-order valence-electron chi connectivity index (χ0n) is 15.4. The van der Waals surface area contributed by atoms with Gasteiger partial charge in [0.15, 0.2) is 5.76 Å². The minimum atomic E-state index is -3.68. The highest BCUT2D eigenvalue weighted by molar-refractivity contribution is 7.89. The largest absolute Gasteiger partial charge is 0.464 e. The van der Waals surface area contributed by atoms with Gasteiger partial charge in [-0.3, -0.25) is 4.79 Å². The molecular weight excluding hydrogens is 368 g/mol. The molecule has 1 saturated carbocycles. The summed E-state index contributed by atoms with van der Waals surface area (Å²) in [5.41, 5.74) is 0. The van der Waals surface area contributed by atoms with E-state index in [2.05, 4.69) is 0 Å². The molecule has 7 nitrogen and oxygen atoms in total. The van der Waals surface area contributed by atoms with Crippen LogP contribution in [0.25, 0.3) is 0 Å². The highest BCUT2D eigenvalue weighted by atomic mass is 32.2. The topological polar surface area (TPSA) is 84.0 Å². The summed E-state index contributed by atoms with van der Waals surface area (Å²) in [5.74, 6) is 1.26. The van der Waals surface area contributed by atoms with Crippen LogP contribution < -0.4 is 0 Å². The molecule has 8 heteroatoms. The molecule has 1 amide bonds. The van der Waals surface area contributed by atoms with Gasteiger partial charge in [0.2, 0.25) is 5.09 Å². The molecule has 0 aromatic carbocycles. The minimum Gasteiger partial charge on any atom is -0.464 e. The van der Waals surface area contributed by atoms with Crippen molar-refractivity contribution in [1.29, 1.82) is 0 Å². The standard InChI is InChI=1S/C19H24N2O5S/c1-14-5-8-16(25-14)13-21(15-6-7-15)19(22)17-9-10-18(26-17)27(23,24)20-11-3-2-4-12-20/h5,8-10,15H,2-4,6-7,11-13H2,1H3. The van der Waals surface area contributed by atoms with Gasteiger partial charge in [0, 0.05) is 19.1 Å². The first-order valence-electron chi connectivity index (χ1n) is 9.41. The van der Waals surface area contributed by atoms with Crippen molar-refractivity contribution in [1.82, 2.24) is 9.21 Å². The van der Waals surface area contributed by atoms with E-state index >= 15 is 0 Å². The summed E-state index contributed by atoms with van der Waals surface area (Å²) in [5, 5.41) is -0.155. The van der Waals surface area contributed by atoms with Gasteiger partial charge < -0.3 is 13.7 Å². The zero-order chi connectivity index (χ0) is 19.0. The smallest absolute Gasteiger partial charge is 0.290 e. The number of piperidine rings is 1. The Kier molecular flexibility index (Phi) is 4.86. The molecule has 1 aliphatic carbocycles. The van der Waals surface area contributed by atoms with Gasteiger partial charge in [-0.2, -0.15) is 4.31 Å². The van der Waals surface area contributed by atoms with Crippen LogP contribution in [0.15, 0.2) is 38.2 Å². The predicted molar refractivity (Wildman–Crippen MR) is 97.7 cm³/mol. The second-order valence-electron chi connectivity index (χ2n) is 7.26. The van der Waals surface area contributed by atoms with Crippen molar-refractivity contribution in [2.24, 2.45) is 0 Å². The Labute approximate surface area is 159 Å². The lowest BCUT2D eigenvalue weighted by atomic mass is 10.2. The molecule has 0 atom stereocenters. The summed E-state index contributed by atoms with van der Waals surface area (Å²) in [6, 6.07) is 6.71. The molecule has 0 spiro atoms. The van der Waals surface area contributed by atoms with E-state index in [1.165, 1.54) is 16.4 Å². The van der Waals surface area contributed by atoms with E-state index in [1.54, 1.807) is 4.90 Å². The van der Waals surface area contributed by atoms with Crippen LogP contribution in [-0.4, -0.2) is 42.7 Å². The monoisotopic (exact) mass is 392 g/mol. The lowest BCUT2D eigenvalue weighted by Gasteiger charge is -2.24. The molecule has 1 aliphatic heterocycles. The van der Waals surface area contributed by atoms with Crippen LogP contribution in [-0.2, 0) is 16.6 Å². The Morgan fingerprint density at radius 3 is 2.48 bits per heavy atom. The first-order valence-corrected chi connectivity index (χ1v) is 10.9. The number of sulfonamides is 1. The SMILES string of the molecule is Cc1ccc(CN(C(=O)c2ccc(S(=O)(=O)N3CCCCC3)o2)C2CC2)o1. The van der Waals surface area contributed by atoms with Crippen LogP contribution >= 0.6 is 0 Å². The number of rotatable bonds is 6. The molecule has 2 fully saturated rings. The van der Waals surface area contributed by atoms with Crippen molar-refractivity contribution < 1.29 is 22.0 Å². The van der Waals surface area contributed by atoms with Gasteiger partial charge in [-0.25, -0.2) is 8.42 Å². The lowest BCUT2D eigenvalue weighted by Crippen LogP contribution is -2.35. The highest BCUT2D eigenvalue weighted by Crippen LogP contribution is 2.31. The van der Waals surface area contributed by atoms with E-state index in [-0.39, 0.29) is 22.8 Å².